The third kappa shape index (κ3) is 2.61. The number of pyridine rings is 1. The van der Waals surface area contributed by atoms with Gasteiger partial charge in [0.1, 0.15) is 17.0 Å². The number of nitrogens with one attached hydrogen (secondary N) is 1. The molecule has 0 saturated carbocycles. The van der Waals surface area contributed by atoms with Crippen LogP contribution in [0.2, 0.25) is 0 Å². The first-order valence-corrected chi connectivity index (χ1v) is 9.44. The van der Waals surface area contributed by atoms with E-state index < -0.39 is 0 Å². The molecule has 0 unspecified atom stereocenters. The fraction of sp³-hybridized carbons (Fsp3) is 0.167. The minimum atomic E-state index is -0.0954. The largest absolute Gasteiger partial charge is 0.455 e. The van der Waals surface area contributed by atoms with Gasteiger partial charge in [0, 0.05) is 39.7 Å². The van der Waals surface area contributed by atoms with Crippen LogP contribution in [-0.2, 0) is 5.41 Å². The Morgan fingerprint density at radius 3 is 2.39 bits per heavy atom. The van der Waals surface area contributed by atoms with E-state index in [4.69, 9.17) is 9.40 Å². The van der Waals surface area contributed by atoms with Crippen molar-refractivity contribution in [2.45, 2.75) is 26.2 Å². The van der Waals surface area contributed by atoms with Crippen molar-refractivity contribution < 1.29 is 4.42 Å². The summed E-state index contributed by atoms with van der Waals surface area (Å²) in [6.07, 6.45) is 3.60. The van der Waals surface area contributed by atoms with Gasteiger partial charge in [0.25, 0.3) is 0 Å². The van der Waals surface area contributed by atoms with Crippen molar-refractivity contribution in [3.05, 3.63) is 72.8 Å². The van der Waals surface area contributed by atoms with Gasteiger partial charge in [-0.05, 0) is 24.3 Å². The Kier molecular flexibility index (Phi) is 3.63. The molecule has 28 heavy (non-hydrogen) atoms. The summed E-state index contributed by atoms with van der Waals surface area (Å²) in [6, 6.07) is 18.4. The first-order chi connectivity index (χ1) is 13.5. The summed E-state index contributed by atoms with van der Waals surface area (Å²) >= 11 is 0. The minimum Gasteiger partial charge on any atom is -0.455 e. The van der Waals surface area contributed by atoms with E-state index in [1.165, 1.54) is 0 Å². The summed E-state index contributed by atoms with van der Waals surface area (Å²) in [5.41, 5.74) is 5.62. The maximum Gasteiger partial charge on any atom is 0.144 e. The Morgan fingerprint density at radius 2 is 1.61 bits per heavy atom. The molecule has 3 aromatic heterocycles. The predicted molar refractivity (Wildman–Crippen MR) is 113 cm³/mol. The molecule has 138 valence electrons. The van der Waals surface area contributed by atoms with E-state index in [0.717, 1.165) is 50.3 Å². The molecule has 5 aromatic rings. The second kappa shape index (κ2) is 6.06. The third-order valence-electron chi connectivity index (χ3n) is 5.04. The van der Waals surface area contributed by atoms with Gasteiger partial charge in [0.2, 0.25) is 0 Å². The molecule has 0 bridgehead atoms. The second-order valence-electron chi connectivity index (χ2n) is 8.08. The molecule has 1 N–H and O–H groups in total. The van der Waals surface area contributed by atoms with Gasteiger partial charge in [0.15, 0.2) is 0 Å². The maximum absolute atomic E-state index is 6.26. The zero-order valence-corrected chi connectivity index (χ0v) is 16.2. The zero-order chi connectivity index (χ0) is 19.3. The van der Waals surface area contributed by atoms with Gasteiger partial charge in [-0.15, -0.1) is 0 Å². The third-order valence-corrected chi connectivity index (χ3v) is 5.04. The first kappa shape index (κ1) is 16.8. The molecule has 0 saturated heterocycles. The first-order valence-electron chi connectivity index (χ1n) is 9.44. The molecule has 4 heteroatoms. The standard InChI is InChI=1S/C24H21N3O/c1-24(2,3)23-26-20(15-11-13-25-14-12-15)21(27-23)18-9-6-8-17-16-7-4-5-10-19(16)28-22(17)18/h4-14H,1-3H3,(H,26,27). The lowest BCUT2D eigenvalue weighted by Gasteiger charge is -2.14. The maximum atomic E-state index is 6.26. The highest BCUT2D eigenvalue weighted by molar-refractivity contribution is 6.10. The fourth-order valence-corrected chi connectivity index (χ4v) is 3.59. The number of aromatic amines is 1. The van der Waals surface area contributed by atoms with Crippen LogP contribution in [0.25, 0.3) is 44.5 Å². The number of imidazole rings is 1. The van der Waals surface area contributed by atoms with Crippen LogP contribution in [0.4, 0.5) is 0 Å². The molecule has 0 aliphatic carbocycles. The molecule has 3 heterocycles. The number of aromatic nitrogens is 3. The topological polar surface area (TPSA) is 54.7 Å². The normalized spacial score (nSPS) is 12.1. The van der Waals surface area contributed by atoms with E-state index in [2.05, 4.69) is 55.0 Å². The van der Waals surface area contributed by atoms with E-state index in [9.17, 15) is 0 Å². The number of furan rings is 1. The minimum absolute atomic E-state index is 0.0954. The number of rotatable bonds is 2. The van der Waals surface area contributed by atoms with Crippen LogP contribution in [0.1, 0.15) is 26.6 Å². The van der Waals surface area contributed by atoms with E-state index in [1.807, 2.05) is 30.3 Å². The van der Waals surface area contributed by atoms with Crippen molar-refractivity contribution in [3.63, 3.8) is 0 Å². The molecule has 0 spiro atoms. The van der Waals surface area contributed by atoms with Crippen molar-refractivity contribution >= 4 is 21.9 Å². The fourth-order valence-electron chi connectivity index (χ4n) is 3.59. The average molecular weight is 367 g/mol. The van der Waals surface area contributed by atoms with E-state index in [0.29, 0.717) is 0 Å². The number of H-pyrrole nitrogens is 1. The monoisotopic (exact) mass is 367 g/mol. The van der Waals surface area contributed by atoms with Crippen LogP contribution < -0.4 is 0 Å². The summed E-state index contributed by atoms with van der Waals surface area (Å²) < 4.78 is 6.26. The zero-order valence-electron chi connectivity index (χ0n) is 16.2. The van der Waals surface area contributed by atoms with Gasteiger partial charge in [-0.2, -0.15) is 0 Å². The van der Waals surface area contributed by atoms with Crippen LogP contribution in [0.15, 0.2) is 71.4 Å². The molecule has 0 amide bonds. The Morgan fingerprint density at radius 1 is 0.857 bits per heavy atom. The average Bonchev–Trinajstić information content (AvgIpc) is 3.30. The van der Waals surface area contributed by atoms with Gasteiger partial charge in [-0.3, -0.25) is 4.98 Å². The summed E-state index contributed by atoms with van der Waals surface area (Å²) in [4.78, 5) is 12.7. The molecule has 0 radical (unpaired) electrons. The van der Waals surface area contributed by atoms with Crippen molar-refractivity contribution in [2.75, 3.05) is 0 Å². The summed E-state index contributed by atoms with van der Waals surface area (Å²) in [5, 5.41) is 2.24. The highest BCUT2D eigenvalue weighted by Crippen LogP contribution is 2.39. The number of fused-ring (bicyclic) bond motifs is 3. The van der Waals surface area contributed by atoms with Crippen molar-refractivity contribution in [1.82, 2.24) is 15.0 Å². The van der Waals surface area contributed by atoms with Gasteiger partial charge >= 0.3 is 0 Å². The molecule has 5 rings (SSSR count). The number of hydrogen-bond acceptors (Lipinski definition) is 3. The van der Waals surface area contributed by atoms with E-state index in [1.54, 1.807) is 12.4 Å². The summed E-state index contributed by atoms with van der Waals surface area (Å²) in [5.74, 6) is 0.947. The second-order valence-corrected chi connectivity index (χ2v) is 8.08. The van der Waals surface area contributed by atoms with Crippen LogP contribution in [0, 0.1) is 0 Å². The predicted octanol–water partition coefficient (Wildman–Crippen LogP) is 6.34. The lowest BCUT2D eigenvalue weighted by molar-refractivity contribution is 0.553. The van der Waals surface area contributed by atoms with Crippen molar-refractivity contribution in [1.29, 1.82) is 0 Å². The molecular formula is C24H21N3O. The molecule has 0 atom stereocenters. The van der Waals surface area contributed by atoms with Gasteiger partial charge < -0.3 is 9.40 Å². The molecule has 0 fully saturated rings. The number of nitrogens with zero attached hydrogens (tertiary/aromatic N) is 2. The number of hydrogen-bond donors (Lipinski definition) is 1. The lowest BCUT2D eigenvalue weighted by atomic mass is 9.96. The van der Waals surface area contributed by atoms with Gasteiger partial charge in [-0.1, -0.05) is 51.1 Å². The van der Waals surface area contributed by atoms with E-state index >= 15 is 0 Å². The molecule has 0 aliphatic rings. The van der Waals surface area contributed by atoms with Crippen LogP contribution in [0.3, 0.4) is 0 Å². The highest BCUT2D eigenvalue weighted by atomic mass is 16.3. The Hall–Kier alpha value is -3.40. The molecule has 4 nitrogen and oxygen atoms in total. The van der Waals surface area contributed by atoms with Crippen molar-refractivity contribution in [3.8, 4) is 22.5 Å². The Bertz CT molecular complexity index is 1290. The summed E-state index contributed by atoms with van der Waals surface area (Å²) in [6.45, 7) is 6.48. The van der Waals surface area contributed by atoms with E-state index in [-0.39, 0.29) is 5.41 Å². The Labute approximate surface area is 163 Å². The van der Waals surface area contributed by atoms with Gasteiger partial charge in [0.05, 0.1) is 11.4 Å². The summed E-state index contributed by atoms with van der Waals surface area (Å²) in [7, 11) is 0. The number of para-hydroxylation sites is 2. The smallest absolute Gasteiger partial charge is 0.144 e. The molecule has 0 aliphatic heterocycles. The lowest BCUT2D eigenvalue weighted by Crippen LogP contribution is -2.13. The van der Waals surface area contributed by atoms with Crippen LogP contribution >= 0.6 is 0 Å². The van der Waals surface area contributed by atoms with Crippen molar-refractivity contribution in [2.24, 2.45) is 0 Å². The van der Waals surface area contributed by atoms with Crippen LogP contribution in [0.5, 0.6) is 0 Å². The highest BCUT2D eigenvalue weighted by Gasteiger charge is 2.24. The molecular weight excluding hydrogens is 346 g/mol. The SMILES string of the molecule is CC(C)(C)c1nc(-c2ccncc2)c(-c2cccc3c2oc2ccccc23)[nH]1. The number of benzene rings is 2. The Balaban J connectivity index is 1.83. The van der Waals surface area contributed by atoms with Gasteiger partial charge in [-0.25, -0.2) is 4.98 Å². The quantitative estimate of drug-likeness (QED) is 0.396. The molecule has 2 aromatic carbocycles. The van der Waals surface area contributed by atoms with Crippen LogP contribution in [-0.4, -0.2) is 15.0 Å².